The third-order valence-electron chi connectivity index (χ3n) is 7.39. The standard InChI is InChI=1S/C35H45N5O10/c1-6-15-47-22-31(42)40-19-27(20-40)48-16-14-39(21-29(36)41)32(43)23-49-25-8-7-9-26(17-25)50-30-11-10-24(18-37-30)33(44)38-28(34(45)46-5)12-13-35(2,3)4/h1,7-11,17-18,27-28H,12-16,19-23H2,2-5H3,(H2,36,41)(H,38,44)/t28-/m0/s1. The fraction of sp³-hybridized carbons (Fsp3) is 0.486. The van der Waals surface area contributed by atoms with Crippen molar-refractivity contribution >= 4 is 29.6 Å². The molecule has 1 aromatic heterocycles. The molecule has 3 N–H and O–H groups in total. The molecule has 1 aromatic carbocycles. The number of nitrogens with zero attached hydrogens (tertiary/aromatic N) is 3. The van der Waals surface area contributed by atoms with E-state index in [4.69, 9.17) is 35.8 Å². The van der Waals surface area contributed by atoms with Gasteiger partial charge in [0.05, 0.1) is 31.9 Å². The third-order valence-corrected chi connectivity index (χ3v) is 7.39. The molecule has 0 spiro atoms. The molecule has 15 heteroatoms. The van der Waals surface area contributed by atoms with Crippen molar-refractivity contribution in [3.05, 3.63) is 48.2 Å². The Morgan fingerprint density at radius 2 is 1.86 bits per heavy atom. The number of benzene rings is 1. The predicted molar refractivity (Wildman–Crippen MR) is 180 cm³/mol. The number of nitrogens with one attached hydrogen (secondary N) is 1. The highest BCUT2D eigenvalue weighted by Gasteiger charge is 2.31. The molecule has 0 saturated carbocycles. The summed E-state index contributed by atoms with van der Waals surface area (Å²) in [5.41, 5.74) is 5.55. The maximum absolute atomic E-state index is 12.9. The first kappa shape index (κ1) is 39.2. The van der Waals surface area contributed by atoms with Crippen LogP contribution in [0.2, 0.25) is 0 Å². The van der Waals surface area contributed by atoms with Crippen LogP contribution in [0.4, 0.5) is 0 Å². The Labute approximate surface area is 291 Å². The lowest BCUT2D eigenvalue weighted by Crippen LogP contribution is -2.56. The zero-order chi connectivity index (χ0) is 36.7. The number of terminal acetylenes is 1. The minimum absolute atomic E-state index is 0.0275. The number of rotatable bonds is 19. The maximum Gasteiger partial charge on any atom is 0.328 e. The number of nitrogens with two attached hydrogens (primary N) is 1. The zero-order valence-corrected chi connectivity index (χ0v) is 28.8. The number of hydrogen-bond donors (Lipinski definition) is 2. The number of methoxy groups -OCH3 is 1. The minimum Gasteiger partial charge on any atom is -0.484 e. The molecule has 0 unspecified atom stereocenters. The number of ether oxygens (including phenoxy) is 5. The number of primary amides is 1. The molecule has 270 valence electrons. The number of likely N-dealkylation sites (tertiary alicyclic amines) is 1. The summed E-state index contributed by atoms with van der Waals surface area (Å²) in [4.78, 5) is 68.6. The smallest absolute Gasteiger partial charge is 0.328 e. The number of carbonyl (C=O) groups is 5. The summed E-state index contributed by atoms with van der Waals surface area (Å²) in [6, 6.07) is 8.72. The predicted octanol–water partition coefficient (Wildman–Crippen LogP) is 1.54. The monoisotopic (exact) mass is 695 g/mol. The van der Waals surface area contributed by atoms with Crippen LogP contribution in [0.3, 0.4) is 0 Å². The molecule has 1 saturated heterocycles. The highest BCUT2D eigenvalue weighted by molar-refractivity contribution is 5.96. The lowest BCUT2D eigenvalue weighted by Gasteiger charge is -2.39. The lowest BCUT2D eigenvalue weighted by molar-refractivity contribution is -0.150. The molecule has 1 fully saturated rings. The van der Waals surface area contributed by atoms with Gasteiger partial charge >= 0.3 is 5.97 Å². The Kier molecular flexibility index (Phi) is 15.0. The van der Waals surface area contributed by atoms with Gasteiger partial charge in [0.15, 0.2) is 6.61 Å². The molecule has 0 radical (unpaired) electrons. The van der Waals surface area contributed by atoms with Crippen molar-refractivity contribution in [3.63, 3.8) is 0 Å². The Morgan fingerprint density at radius 3 is 2.50 bits per heavy atom. The van der Waals surface area contributed by atoms with E-state index < -0.39 is 29.7 Å². The molecular weight excluding hydrogens is 650 g/mol. The number of hydrogen-bond acceptors (Lipinski definition) is 11. The maximum atomic E-state index is 12.9. The van der Waals surface area contributed by atoms with Gasteiger partial charge in [-0.2, -0.15) is 0 Å². The van der Waals surface area contributed by atoms with Crippen molar-refractivity contribution in [2.75, 3.05) is 59.7 Å². The molecular formula is C35H45N5O10. The highest BCUT2D eigenvalue weighted by Crippen LogP contribution is 2.25. The molecule has 1 aliphatic rings. The van der Waals surface area contributed by atoms with Gasteiger partial charge in [-0.15, -0.1) is 6.42 Å². The van der Waals surface area contributed by atoms with Crippen molar-refractivity contribution in [3.8, 4) is 29.7 Å². The van der Waals surface area contributed by atoms with Gasteiger partial charge in [0.2, 0.25) is 17.7 Å². The summed E-state index contributed by atoms with van der Waals surface area (Å²) < 4.78 is 27.1. The van der Waals surface area contributed by atoms with Crippen LogP contribution in [-0.4, -0.2) is 116 Å². The summed E-state index contributed by atoms with van der Waals surface area (Å²) in [6.07, 6.45) is 7.35. The van der Waals surface area contributed by atoms with Gasteiger partial charge in [-0.3, -0.25) is 19.2 Å². The van der Waals surface area contributed by atoms with Crippen LogP contribution >= 0.6 is 0 Å². The SMILES string of the molecule is C#CCOCC(=O)N1CC(OCCN(CC(N)=O)C(=O)COc2cccc(Oc3ccc(C(=O)N[C@@H](CCC(C)(C)C)C(=O)OC)cn3)c2)C1. The number of aromatic nitrogens is 1. The van der Waals surface area contributed by atoms with Gasteiger partial charge in [0, 0.05) is 38.0 Å². The largest absolute Gasteiger partial charge is 0.484 e. The molecule has 15 nitrogen and oxygen atoms in total. The van der Waals surface area contributed by atoms with Crippen molar-refractivity contribution in [1.29, 1.82) is 0 Å². The average Bonchev–Trinajstić information content (AvgIpc) is 3.05. The van der Waals surface area contributed by atoms with Gasteiger partial charge in [0.25, 0.3) is 11.8 Å². The Balaban J connectivity index is 1.48. The van der Waals surface area contributed by atoms with Gasteiger partial charge in [0.1, 0.15) is 30.8 Å². The second kappa shape index (κ2) is 19.1. The normalized spacial score (nSPS) is 13.3. The third kappa shape index (κ3) is 13.4. The highest BCUT2D eigenvalue weighted by atomic mass is 16.5. The number of carbonyl (C=O) groups excluding carboxylic acids is 5. The van der Waals surface area contributed by atoms with Crippen LogP contribution in [-0.2, 0) is 33.4 Å². The molecule has 3 rings (SSSR count). The van der Waals surface area contributed by atoms with Crippen molar-refractivity contribution in [1.82, 2.24) is 20.1 Å². The van der Waals surface area contributed by atoms with E-state index in [1.807, 2.05) is 20.8 Å². The Bertz CT molecular complexity index is 1510. The molecule has 1 aliphatic heterocycles. The quantitative estimate of drug-likeness (QED) is 0.123. The molecule has 2 aromatic rings. The van der Waals surface area contributed by atoms with Crippen molar-refractivity contribution < 1.29 is 47.7 Å². The molecule has 4 amide bonds. The van der Waals surface area contributed by atoms with Gasteiger partial charge in [-0.05, 0) is 36.5 Å². The van der Waals surface area contributed by atoms with Crippen LogP contribution < -0.4 is 20.5 Å². The Hall–Kier alpha value is -5.20. The molecule has 0 bridgehead atoms. The first-order chi connectivity index (χ1) is 23.8. The summed E-state index contributed by atoms with van der Waals surface area (Å²) in [5, 5.41) is 2.71. The lowest BCUT2D eigenvalue weighted by atomic mass is 9.88. The fourth-order valence-corrected chi connectivity index (χ4v) is 4.62. The summed E-state index contributed by atoms with van der Waals surface area (Å²) in [5.74, 6) is 0.782. The molecule has 2 heterocycles. The summed E-state index contributed by atoms with van der Waals surface area (Å²) in [7, 11) is 1.28. The van der Waals surface area contributed by atoms with Gasteiger partial charge < -0.3 is 44.5 Å². The summed E-state index contributed by atoms with van der Waals surface area (Å²) >= 11 is 0. The van der Waals surface area contributed by atoms with Crippen LogP contribution in [0.1, 0.15) is 44.0 Å². The van der Waals surface area contributed by atoms with E-state index in [0.29, 0.717) is 37.4 Å². The number of pyridine rings is 1. The van der Waals surface area contributed by atoms with E-state index in [1.54, 1.807) is 29.2 Å². The minimum atomic E-state index is -0.795. The van der Waals surface area contributed by atoms with E-state index in [-0.39, 0.29) is 68.4 Å². The van der Waals surface area contributed by atoms with E-state index in [9.17, 15) is 24.0 Å². The average molecular weight is 696 g/mol. The van der Waals surface area contributed by atoms with Crippen LogP contribution in [0.25, 0.3) is 0 Å². The van der Waals surface area contributed by atoms with Crippen LogP contribution in [0.5, 0.6) is 17.4 Å². The van der Waals surface area contributed by atoms with Crippen molar-refractivity contribution in [2.24, 2.45) is 11.1 Å². The van der Waals surface area contributed by atoms with Crippen LogP contribution in [0.15, 0.2) is 42.6 Å². The Morgan fingerprint density at radius 1 is 1.12 bits per heavy atom. The molecule has 1 atom stereocenters. The summed E-state index contributed by atoms with van der Waals surface area (Å²) in [6.45, 7) is 6.37. The fourth-order valence-electron chi connectivity index (χ4n) is 4.62. The topological polar surface area (TPSA) is 189 Å². The number of amides is 4. The van der Waals surface area contributed by atoms with Gasteiger partial charge in [-0.25, -0.2) is 9.78 Å². The first-order valence-corrected chi connectivity index (χ1v) is 16.0. The zero-order valence-electron chi connectivity index (χ0n) is 28.8. The van der Waals surface area contributed by atoms with Crippen LogP contribution in [0, 0.1) is 17.8 Å². The van der Waals surface area contributed by atoms with E-state index in [1.165, 1.54) is 30.3 Å². The van der Waals surface area contributed by atoms with E-state index >= 15 is 0 Å². The second-order valence-electron chi connectivity index (χ2n) is 12.7. The molecule has 0 aliphatic carbocycles. The van der Waals surface area contributed by atoms with E-state index in [2.05, 4.69) is 16.2 Å². The second-order valence-corrected chi connectivity index (χ2v) is 12.7. The van der Waals surface area contributed by atoms with Gasteiger partial charge in [-0.1, -0.05) is 32.8 Å². The van der Waals surface area contributed by atoms with Crippen molar-refractivity contribution in [2.45, 2.75) is 45.8 Å². The molecule has 50 heavy (non-hydrogen) atoms. The number of esters is 1. The first-order valence-electron chi connectivity index (χ1n) is 16.0. The van der Waals surface area contributed by atoms with E-state index in [0.717, 1.165) is 0 Å².